The lowest BCUT2D eigenvalue weighted by Crippen LogP contribution is -2.01. The molecule has 0 saturated heterocycles. The molecule has 2 aromatic carbocycles. The van der Waals surface area contributed by atoms with Gasteiger partial charge < -0.3 is 11.1 Å². The van der Waals surface area contributed by atoms with Crippen molar-refractivity contribution in [2.24, 2.45) is 0 Å². The standard InChI is InChI=1S/C12H9F3N2/c13-7-4-5-8(14)11(6-7)17-12-9(15)2-1-3-10(12)16/h1-6,17H,16H2. The number of para-hydroxylation sites is 1. The van der Waals surface area contributed by atoms with Crippen molar-refractivity contribution in [1.29, 1.82) is 0 Å². The van der Waals surface area contributed by atoms with Crippen molar-refractivity contribution in [3.63, 3.8) is 0 Å². The van der Waals surface area contributed by atoms with E-state index in [1.165, 1.54) is 18.2 Å². The SMILES string of the molecule is Nc1cccc(F)c1Nc1cc(F)ccc1F. The number of rotatable bonds is 2. The molecule has 0 atom stereocenters. The third kappa shape index (κ3) is 2.33. The lowest BCUT2D eigenvalue weighted by molar-refractivity contribution is 0.602. The van der Waals surface area contributed by atoms with E-state index in [-0.39, 0.29) is 17.1 Å². The number of hydrogen-bond donors (Lipinski definition) is 2. The van der Waals surface area contributed by atoms with Crippen LogP contribution in [0.25, 0.3) is 0 Å². The summed E-state index contributed by atoms with van der Waals surface area (Å²) in [4.78, 5) is 0. The van der Waals surface area contributed by atoms with Crippen molar-refractivity contribution in [1.82, 2.24) is 0 Å². The summed E-state index contributed by atoms with van der Waals surface area (Å²) in [6.45, 7) is 0. The second-order valence-electron chi connectivity index (χ2n) is 3.45. The van der Waals surface area contributed by atoms with Crippen LogP contribution in [0.5, 0.6) is 0 Å². The average molecular weight is 238 g/mol. The second-order valence-corrected chi connectivity index (χ2v) is 3.45. The molecule has 0 spiro atoms. The Labute approximate surface area is 95.9 Å². The molecule has 2 nitrogen and oxygen atoms in total. The van der Waals surface area contributed by atoms with E-state index >= 15 is 0 Å². The maximum atomic E-state index is 13.4. The molecule has 0 saturated carbocycles. The molecule has 2 aromatic rings. The quantitative estimate of drug-likeness (QED) is 0.786. The van der Waals surface area contributed by atoms with Gasteiger partial charge in [0, 0.05) is 6.07 Å². The summed E-state index contributed by atoms with van der Waals surface area (Å²) in [6.07, 6.45) is 0. The highest BCUT2D eigenvalue weighted by Crippen LogP contribution is 2.27. The molecule has 3 N–H and O–H groups in total. The predicted molar refractivity (Wildman–Crippen MR) is 60.5 cm³/mol. The first kappa shape index (κ1) is 11.3. The fourth-order valence-electron chi connectivity index (χ4n) is 1.40. The molecule has 0 unspecified atom stereocenters. The van der Waals surface area contributed by atoms with Crippen LogP contribution in [0.3, 0.4) is 0 Å². The summed E-state index contributed by atoms with van der Waals surface area (Å²) in [6, 6.07) is 6.93. The van der Waals surface area contributed by atoms with Gasteiger partial charge in [-0.1, -0.05) is 6.07 Å². The van der Waals surface area contributed by atoms with Crippen LogP contribution >= 0.6 is 0 Å². The minimum Gasteiger partial charge on any atom is -0.397 e. The first-order chi connectivity index (χ1) is 8.08. The van der Waals surface area contributed by atoms with E-state index in [1.54, 1.807) is 0 Å². The molecular formula is C12H9F3N2. The van der Waals surface area contributed by atoms with Gasteiger partial charge in [0.25, 0.3) is 0 Å². The fraction of sp³-hybridized carbons (Fsp3) is 0. The minimum absolute atomic E-state index is 0.0722. The predicted octanol–water partition coefficient (Wildman–Crippen LogP) is 3.43. The first-order valence-electron chi connectivity index (χ1n) is 4.84. The molecule has 17 heavy (non-hydrogen) atoms. The van der Waals surface area contributed by atoms with Crippen LogP contribution < -0.4 is 11.1 Å². The van der Waals surface area contributed by atoms with Gasteiger partial charge in [0.15, 0.2) is 0 Å². The Kier molecular flexibility index (Phi) is 2.91. The molecule has 2 rings (SSSR count). The van der Waals surface area contributed by atoms with E-state index in [1.807, 2.05) is 0 Å². The molecule has 5 heteroatoms. The normalized spacial score (nSPS) is 10.3. The smallest absolute Gasteiger partial charge is 0.148 e. The number of halogens is 3. The Hall–Kier alpha value is -2.17. The Morgan fingerprint density at radius 1 is 0.941 bits per heavy atom. The summed E-state index contributed by atoms with van der Waals surface area (Å²) in [5.74, 6) is -1.94. The Bertz CT molecular complexity index is 535. The molecule has 0 amide bonds. The van der Waals surface area contributed by atoms with Crippen molar-refractivity contribution in [2.45, 2.75) is 0 Å². The van der Waals surface area contributed by atoms with E-state index in [4.69, 9.17) is 5.73 Å². The van der Waals surface area contributed by atoms with Crippen molar-refractivity contribution >= 4 is 17.1 Å². The van der Waals surface area contributed by atoms with Gasteiger partial charge in [-0.15, -0.1) is 0 Å². The van der Waals surface area contributed by atoms with Crippen LogP contribution in [0.4, 0.5) is 30.2 Å². The maximum Gasteiger partial charge on any atom is 0.148 e. The third-order valence-corrected chi connectivity index (χ3v) is 2.23. The largest absolute Gasteiger partial charge is 0.397 e. The van der Waals surface area contributed by atoms with Crippen molar-refractivity contribution < 1.29 is 13.2 Å². The monoisotopic (exact) mass is 238 g/mol. The van der Waals surface area contributed by atoms with Gasteiger partial charge >= 0.3 is 0 Å². The zero-order valence-corrected chi connectivity index (χ0v) is 8.68. The highest BCUT2D eigenvalue weighted by atomic mass is 19.1. The highest BCUT2D eigenvalue weighted by molar-refractivity contribution is 5.73. The highest BCUT2D eigenvalue weighted by Gasteiger charge is 2.09. The molecule has 0 aliphatic heterocycles. The molecule has 0 radical (unpaired) electrons. The molecule has 0 fully saturated rings. The van der Waals surface area contributed by atoms with E-state index < -0.39 is 17.5 Å². The summed E-state index contributed by atoms with van der Waals surface area (Å²) in [7, 11) is 0. The van der Waals surface area contributed by atoms with Gasteiger partial charge in [0.05, 0.1) is 17.1 Å². The first-order valence-corrected chi connectivity index (χ1v) is 4.84. The minimum atomic E-state index is -0.686. The third-order valence-electron chi connectivity index (χ3n) is 2.23. The zero-order chi connectivity index (χ0) is 12.4. The number of nitrogens with two attached hydrogens (primary N) is 1. The van der Waals surface area contributed by atoms with Crippen LogP contribution in [0.1, 0.15) is 0 Å². The lowest BCUT2D eigenvalue weighted by atomic mass is 10.2. The van der Waals surface area contributed by atoms with Crippen molar-refractivity contribution in [2.75, 3.05) is 11.1 Å². The number of nitrogen functional groups attached to an aromatic ring is 1. The Morgan fingerprint density at radius 3 is 2.41 bits per heavy atom. The number of hydrogen-bond acceptors (Lipinski definition) is 2. The summed E-state index contributed by atoms with van der Waals surface area (Å²) >= 11 is 0. The summed E-state index contributed by atoms with van der Waals surface area (Å²) in [5.41, 5.74) is 5.42. The van der Waals surface area contributed by atoms with Gasteiger partial charge in [0.2, 0.25) is 0 Å². The average Bonchev–Trinajstić information content (AvgIpc) is 2.28. The van der Waals surface area contributed by atoms with Crippen molar-refractivity contribution in [3.8, 4) is 0 Å². The van der Waals surface area contributed by atoms with Gasteiger partial charge in [-0.3, -0.25) is 0 Å². The summed E-state index contributed by atoms with van der Waals surface area (Å²) < 4.78 is 39.7. The van der Waals surface area contributed by atoms with Crippen LogP contribution in [0.2, 0.25) is 0 Å². The van der Waals surface area contributed by atoms with Crippen LogP contribution in [0.15, 0.2) is 36.4 Å². The Balaban J connectivity index is 2.41. The summed E-state index contributed by atoms with van der Waals surface area (Å²) in [5, 5.41) is 2.43. The Morgan fingerprint density at radius 2 is 1.71 bits per heavy atom. The number of nitrogens with one attached hydrogen (secondary N) is 1. The fourth-order valence-corrected chi connectivity index (χ4v) is 1.40. The number of anilines is 3. The molecule has 88 valence electrons. The van der Waals surface area contributed by atoms with Crippen LogP contribution in [-0.2, 0) is 0 Å². The topological polar surface area (TPSA) is 38.0 Å². The van der Waals surface area contributed by atoms with Gasteiger partial charge in [-0.25, -0.2) is 13.2 Å². The second kappa shape index (κ2) is 4.37. The molecule has 0 aliphatic carbocycles. The van der Waals surface area contributed by atoms with Crippen LogP contribution in [-0.4, -0.2) is 0 Å². The van der Waals surface area contributed by atoms with Crippen molar-refractivity contribution in [3.05, 3.63) is 53.8 Å². The van der Waals surface area contributed by atoms with Gasteiger partial charge in [-0.2, -0.15) is 0 Å². The molecule has 0 aromatic heterocycles. The lowest BCUT2D eigenvalue weighted by Gasteiger charge is -2.10. The van der Waals surface area contributed by atoms with Gasteiger partial charge in [0.1, 0.15) is 17.5 Å². The van der Waals surface area contributed by atoms with E-state index in [9.17, 15) is 13.2 Å². The molecule has 0 heterocycles. The molecular weight excluding hydrogens is 229 g/mol. The van der Waals surface area contributed by atoms with Gasteiger partial charge in [-0.05, 0) is 24.3 Å². The zero-order valence-electron chi connectivity index (χ0n) is 8.68. The molecule has 0 aliphatic rings. The maximum absolute atomic E-state index is 13.4. The van der Waals surface area contributed by atoms with E-state index in [0.717, 1.165) is 18.2 Å². The van der Waals surface area contributed by atoms with E-state index in [2.05, 4.69) is 5.32 Å². The van der Waals surface area contributed by atoms with E-state index in [0.29, 0.717) is 0 Å². The number of benzene rings is 2. The molecule has 0 bridgehead atoms. The van der Waals surface area contributed by atoms with Crippen LogP contribution in [0, 0.1) is 17.5 Å².